The SMILES string of the molecule is C(=C\c1ccccc1)/CNc1ccc2c(c1)OCCO2. The lowest BCUT2D eigenvalue weighted by molar-refractivity contribution is 0.171. The molecule has 1 aliphatic heterocycles. The molecule has 1 N–H and O–H groups in total. The van der Waals surface area contributed by atoms with E-state index in [0.717, 1.165) is 23.7 Å². The lowest BCUT2D eigenvalue weighted by atomic mass is 10.2. The summed E-state index contributed by atoms with van der Waals surface area (Å²) in [6, 6.07) is 16.2. The normalized spacial score (nSPS) is 13.4. The summed E-state index contributed by atoms with van der Waals surface area (Å²) < 4.78 is 11.1. The second-order valence-corrected chi connectivity index (χ2v) is 4.55. The lowest BCUT2D eigenvalue weighted by Gasteiger charge is -2.19. The van der Waals surface area contributed by atoms with Crippen molar-refractivity contribution in [3.05, 3.63) is 60.2 Å². The maximum atomic E-state index is 5.56. The predicted octanol–water partition coefficient (Wildman–Crippen LogP) is 3.58. The van der Waals surface area contributed by atoms with Gasteiger partial charge in [-0.15, -0.1) is 0 Å². The van der Waals surface area contributed by atoms with Crippen LogP contribution in [0.3, 0.4) is 0 Å². The Bertz CT molecular complexity index is 593. The summed E-state index contributed by atoms with van der Waals surface area (Å²) in [5, 5.41) is 3.34. The first-order chi connectivity index (χ1) is 9.92. The fourth-order valence-electron chi connectivity index (χ4n) is 2.09. The summed E-state index contributed by atoms with van der Waals surface area (Å²) in [4.78, 5) is 0. The zero-order valence-corrected chi connectivity index (χ0v) is 11.2. The third-order valence-electron chi connectivity index (χ3n) is 3.08. The van der Waals surface area contributed by atoms with Gasteiger partial charge in [0, 0.05) is 18.3 Å². The average molecular weight is 267 g/mol. The monoisotopic (exact) mass is 267 g/mol. The Morgan fingerprint density at radius 1 is 0.950 bits per heavy atom. The molecule has 0 atom stereocenters. The van der Waals surface area contributed by atoms with Gasteiger partial charge >= 0.3 is 0 Å². The molecule has 2 aromatic rings. The summed E-state index contributed by atoms with van der Waals surface area (Å²) in [5.74, 6) is 1.63. The summed E-state index contributed by atoms with van der Waals surface area (Å²) >= 11 is 0. The molecule has 0 aliphatic carbocycles. The fraction of sp³-hybridized carbons (Fsp3) is 0.176. The van der Waals surface area contributed by atoms with Gasteiger partial charge in [-0.3, -0.25) is 0 Å². The molecule has 0 bridgehead atoms. The minimum Gasteiger partial charge on any atom is -0.486 e. The molecule has 0 fully saturated rings. The highest BCUT2D eigenvalue weighted by molar-refractivity contribution is 5.56. The van der Waals surface area contributed by atoms with Crippen LogP contribution in [-0.4, -0.2) is 19.8 Å². The van der Waals surface area contributed by atoms with E-state index in [1.165, 1.54) is 5.56 Å². The molecule has 2 aromatic carbocycles. The summed E-state index contributed by atoms with van der Waals surface area (Å²) in [7, 11) is 0. The van der Waals surface area contributed by atoms with Crippen molar-refractivity contribution < 1.29 is 9.47 Å². The van der Waals surface area contributed by atoms with Crippen LogP contribution in [0.2, 0.25) is 0 Å². The van der Waals surface area contributed by atoms with Gasteiger partial charge in [0.05, 0.1) is 0 Å². The van der Waals surface area contributed by atoms with Gasteiger partial charge in [-0.25, -0.2) is 0 Å². The number of fused-ring (bicyclic) bond motifs is 1. The van der Waals surface area contributed by atoms with Crippen molar-refractivity contribution >= 4 is 11.8 Å². The first kappa shape index (κ1) is 12.6. The van der Waals surface area contributed by atoms with Crippen LogP contribution < -0.4 is 14.8 Å². The molecule has 1 heterocycles. The van der Waals surface area contributed by atoms with Gasteiger partial charge in [0.25, 0.3) is 0 Å². The topological polar surface area (TPSA) is 30.5 Å². The molecular formula is C17H17NO2. The summed E-state index contributed by atoms with van der Waals surface area (Å²) in [6.45, 7) is 2.01. The van der Waals surface area contributed by atoms with Gasteiger partial charge in [0.2, 0.25) is 0 Å². The third kappa shape index (κ3) is 3.12. The van der Waals surface area contributed by atoms with Crippen LogP contribution in [0.4, 0.5) is 5.69 Å². The average Bonchev–Trinajstić information content (AvgIpc) is 2.52. The van der Waals surface area contributed by atoms with Crippen LogP contribution in [0.25, 0.3) is 6.08 Å². The van der Waals surface area contributed by atoms with Crippen LogP contribution in [0, 0.1) is 0 Å². The molecule has 0 radical (unpaired) electrons. The number of anilines is 1. The fourth-order valence-corrected chi connectivity index (χ4v) is 2.09. The van der Waals surface area contributed by atoms with Gasteiger partial charge in [-0.05, 0) is 17.7 Å². The summed E-state index contributed by atoms with van der Waals surface area (Å²) in [5.41, 5.74) is 2.24. The summed E-state index contributed by atoms with van der Waals surface area (Å²) in [6.07, 6.45) is 4.21. The molecule has 3 heteroatoms. The van der Waals surface area contributed by atoms with Gasteiger partial charge in [0.1, 0.15) is 13.2 Å². The highest BCUT2D eigenvalue weighted by atomic mass is 16.6. The maximum absolute atomic E-state index is 5.56. The van der Waals surface area contributed by atoms with E-state index < -0.39 is 0 Å². The minimum atomic E-state index is 0.615. The van der Waals surface area contributed by atoms with Crippen LogP contribution in [-0.2, 0) is 0 Å². The molecule has 1 aliphatic rings. The molecular weight excluding hydrogens is 250 g/mol. The number of ether oxygens (including phenoxy) is 2. The Morgan fingerprint density at radius 2 is 1.75 bits per heavy atom. The smallest absolute Gasteiger partial charge is 0.163 e. The number of hydrogen-bond donors (Lipinski definition) is 1. The molecule has 0 saturated heterocycles. The Kier molecular flexibility index (Phi) is 3.88. The standard InChI is InChI=1S/C17H17NO2/c1-2-5-14(6-3-1)7-4-10-18-15-8-9-16-17(13-15)20-12-11-19-16/h1-9,13,18H,10-12H2/b7-4+. The highest BCUT2D eigenvalue weighted by Gasteiger charge is 2.10. The van der Waals surface area contributed by atoms with Crippen molar-refractivity contribution in [1.82, 2.24) is 0 Å². The van der Waals surface area contributed by atoms with E-state index in [4.69, 9.17) is 9.47 Å². The molecule has 20 heavy (non-hydrogen) atoms. The predicted molar refractivity (Wildman–Crippen MR) is 81.4 cm³/mol. The number of rotatable bonds is 4. The molecule has 3 rings (SSSR count). The molecule has 0 aromatic heterocycles. The zero-order chi connectivity index (χ0) is 13.6. The lowest BCUT2D eigenvalue weighted by Crippen LogP contribution is -2.15. The second kappa shape index (κ2) is 6.15. The van der Waals surface area contributed by atoms with E-state index in [1.807, 2.05) is 36.4 Å². The van der Waals surface area contributed by atoms with E-state index in [2.05, 4.69) is 29.6 Å². The van der Waals surface area contributed by atoms with Crippen molar-refractivity contribution in [2.45, 2.75) is 0 Å². The van der Waals surface area contributed by atoms with E-state index in [1.54, 1.807) is 0 Å². The Hall–Kier alpha value is -2.42. The van der Waals surface area contributed by atoms with E-state index in [-0.39, 0.29) is 0 Å². The minimum absolute atomic E-state index is 0.615. The molecule has 102 valence electrons. The van der Waals surface area contributed by atoms with Gasteiger partial charge < -0.3 is 14.8 Å². The quantitative estimate of drug-likeness (QED) is 0.918. The van der Waals surface area contributed by atoms with Crippen molar-refractivity contribution in [3.63, 3.8) is 0 Å². The first-order valence-corrected chi connectivity index (χ1v) is 6.77. The third-order valence-corrected chi connectivity index (χ3v) is 3.08. The van der Waals surface area contributed by atoms with E-state index >= 15 is 0 Å². The molecule has 0 amide bonds. The first-order valence-electron chi connectivity index (χ1n) is 6.77. The molecule has 0 unspecified atom stereocenters. The van der Waals surface area contributed by atoms with E-state index in [0.29, 0.717) is 13.2 Å². The molecule has 0 saturated carbocycles. The molecule has 0 spiro atoms. The maximum Gasteiger partial charge on any atom is 0.163 e. The van der Waals surface area contributed by atoms with E-state index in [9.17, 15) is 0 Å². The Morgan fingerprint density at radius 3 is 2.60 bits per heavy atom. The van der Waals surface area contributed by atoms with Crippen molar-refractivity contribution in [1.29, 1.82) is 0 Å². The number of nitrogens with one attached hydrogen (secondary N) is 1. The van der Waals surface area contributed by atoms with Gasteiger partial charge in [-0.1, -0.05) is 42.5 Å². The van der Waals surface area contributed by atoms with Crippen molar-refractivity contribution in [3.8, 4) is 11.5 Å². The Balaban J connectivity index is 1.57. The van der Waals surface area contributed by atoms with Gasteiger partial charge in [-0.2, -0.15) is 0 Å². The zero-order valence-electron chi connectivity index (χ0n) is 11.2. The van der Waals surface area contributed by atoms with Crippen molar-refractivity contribution in [2.75, 3.05) is 25.1 Å². The van der Waals surface area contributed by atoms with Crippen LogP contribution >= 0.6 is 0 Å². The number of hydrogen-bond acceptors (Lipinski definition) is 3. The highest BCUT2D eigenvalue weighted by Crippen LogP contribution is 2.32. The van der Waals surface area contributed by atoms with Gasteiger partial charge in [0.15, 0.2) is 11.5 Å². The number of benzene rings is 2. The Labute approximate surface area is 118 Å². The van der Waals surface area contributed by atoms with Crippen LogP contribution in [0.15, 0.2) is 54.6 Å². The molecule has 3 nitrogen and oxygen atoms in total. The van der Waals surface area contributed by atoms with Crippen LogP contribution in [0.1, 0.15) is 5.56 Å². The van der Waals surface area contributed by atoms with Crippen LogP contribution in [0.5, 0.6) is 11.5 Å². The largest absolute Gasteiger partial charge is 0.486 e. The second-order valence-electron chi connectivity index (χ2n) is 4.55. The van der Waals surface area contributed by atoms with Crippen molar-refractivity contribution in [2.24, 2.45) is 0 Å².